The third kappa shape index (κ3) is 4.95. The van der Waals surface area contributed by atoms with Crippen LogP contribution in [0.1, 0.15) is 11.1 Å². The fourth-order valence-corrected chi connectivity index (χ4v) is 1.63. The molecule has 1 N–H and O–H groups in total. The first-order chi connectivity index (χ1) is 10.3. The summed E-state index contributed by atoms with van der Waals surface area (Å²) in [5.41, 5.74) is 4.28. The molecule has 0 aliphatic carbocycles. The number of ether oxygens (including phenoxy) is 1. The maximum absolute atomic E-state index is 11.6. The van der Waals surface area contributed by atoms with Crippen LogP contribution in [0, 0.1) is 0 Å². The predicted molar refractivity (Wildman–Crippen MR) is 84.2 cm³/mol. The van der Waals surface area contributed by atoms with E-state index in [1.165, 1.54) is 6.08 Å². The second-order valence-electron chi connectivity index (χ2n) is 4.25. The first-order valence-electron chi connectivity index (χ1n) is 6.48. The number of carbonyl (C=O) groups excluding carboxylic acids is 1. The summed E-state index contributed by atoms with van der Waals surface area (Å²) in [6.07, 6.45) is 4.76. The molecule has 0 saturated carbocycles. The largest absolute Gasteiger partial charge is 0.497 e. The van der Waals surface area contributed by atoms with Gasteiger partial charge in [0.2, 0.25) is 0 Å². The molecule has 2 rings (SSSR count). The fourth-order valence-electron chi connectivity index (χ4n) is 1.63. The molecular formula is C17H16N2O2. The van der Waals surface area contributed by atoms with Gasteiger partial charge in [-0.15, -0.1) is 0 Å². The normalized spacial score (nSPS) is 10.9. The predicted octanol–water partition coefficient (Wildman–Crippen LogP) is 2.86. The van der Waals surface area contributed by atoms with Gasteiger partial charge in [0.05, 0.1) is 13.3 Å². The highest BCUT2D eigenvalue weighted by Gasteiger charge is 1.93. The van der Waals surface area contributed by atoms with E-state index in [1.54, 1.807) is 19.4 Å². The number of nitrogens with one attached hydrogen (secondary N) is 1. The van der Waals surface area contributed by atoms with E-state index >= 15 is 0 Å². The van der Waals surface area contributed by atoms with Crippen LogP contribution in [-0.4, -0.2) is 19.2 Å². The summed E-state index contributed by atoms with van der Waals surface area (Å²) in [4.78, 5) is 11.6. The first-order valence-corrected chi connectivity index (χ1v) is 6.48. The average molecular weight is 280 g/mol. The highest BCUT2D eigenvalue weighted by molar-refractivity contribution is 5.92. The van der Waals surface area contributed by atoms with Gasteiger partial charge < -0.3 is 4.74 Å². The zero-order valence-electron chi connectivity index (χ0n) is 11.7. The van der Waals surface area contributed by atoms with Crippen LogP contribution in [0.5, 0.6) is 5.75 Å². The zero-order valence-corrected chi connectivity index (χ0v) is 11.7. The Morgan fingerprint density at radius 2 is 1.76 bits per heavy atom. The van der Waals surface area contributed by atoms with Crippen LogP contribution in [0.4, 0.5) is 0 Å². The van der Waals surface area contributed by atoms with E-state index in [1.807, 2.05) is 54.6 Å². The van der Waals surface area contributed by atoms with Crippen molar-refractivity contribution in [2.24, 2.45) is 5.10 Å². The van der Waals surface area contributed by atoms with E-state index in [4.69, 9.17) is 4.74 Å². The lowest BCUT2D eigenvalue weighted by Crippen LogP contribution is -2.14. The number of nitrogens with zero attached hydrogens (tertiary/aromatic N) is 1. The van der Waals surface area contributed by atoms with E-state index in [0.717, 1.165) is 16.9 Å². The Balaban J connectivity index is 1.85. The molecule has 0 atom stereocenters. The van der Waals surface area contributed by atoms with Gasteiger partial charge in [-0.3, -0.25) is 4.79 Å². The van der Waals surface area contributed by atoms with E-state index < -0.39 is 0 Å². The Bertz CT molecular complexity index is 632. The number of hydrazone groups is 1. The molecule has 0 heterocycles. The lowest BCUT2D eigenvalue weighted by atomic mass is 10.2. The van der Waals surface area contributed by atoms with Crippen LogP contribution in [0.3, 0.4) is 0 Å². The van der Waals surface area contributed by atoms with Crippen molar-refractivity contribution in [2.75, 3.05) is 7.11 Å². The minimum absolute atomic E-state index is 0.274. The Kier molecular flexibility index (Phi) is 5.29. The van der Waals surface area contributed by atoms with Gasteiger partial charge in [0.25, 0.3) is 5.91 Å². The second-order valence-corrected chi connectivity index (χ2v) is 4.25. The van der Waals surface area contributed by atoms with Crippen LogP contribution in [-0.2, 0) is 4.79 Å². The number of benzene rings is 2. The van der Waals surface area contributed by atoms with Crippen molar-refractivity contribution < 1.29 is 9.53 Å². The van der Waals surface area contributed by atoms with Crippen LogP contribution in [0.15, 0.2) is 65.8 Å². The summed E-state index contributed by atoms with van der Waals surface area (Å²) in [7, 11) is 1.61. The lowest BCUT2D eigenvalue weighted by Gasteiger charge is -1.98. The Morgan fingerprint density at radius 3 is 2.43 bits per heavy atom. The minimum atomic E-state index is -0.274. The van der Waals surface area contributed by atoms with Gasteiger partial charge in [-0.2, -0.15) is 5.10 Å². The molecule has 0 fully saturated rings. The summed E-state index contributed by atoms with van der Waals surface area (Å²) in [5, 5.41) is 3.89. The topological polar surface area (TPSA) is 50.7 Å². The number of amides is 1. The van der Waals surface area contributed by atoms with Crippen molar-refractivity contribution in [1.82, 2.24) is 5.43 Å². The molecule has 0 aliphatic heterocycles. The summed E-state index contributed by atoms with van der Waals surface area (Å²) >= 11 is 0. The SMILES string of the molecule is COc1ccc(C=NNC(=O)/C=C/c2ccccc2)cc1. The molecule has 0 aromatic heterocycles. The third-order valence-corrected chi connectivity index (χ3v) is 2.73. The smallest absolute Gasteiger partial charge is 0.264 e. The number of methoxy groups -OCH3 is 1. The number of rotatable bonds is 5. The van der Waals surface area contributed by atoms with Gasteiger partial charge in [0.15, 0.2) is 0 Å². The number of hydrogen-bond acceptors (Lipinski definition) is 3. The average Bonchev–Trinajstić information content (AvgIpc) is 2.54. The van der Waals surface area contributed by atoms with Crippen molar-refractivity contribution in [3.63, 3.8) is 0 Å². The summed E-state index contributed by atoms with van der Waals surface area (Å²) < 4.78 is 5.06. The molecule has 0 saturated heterocycles. The lowest BCUT2D eigenvalue weighted by molar-refractivity contribution is -0.116. The highest BCUT2D eigenvalue weighted by Crippen LogP contribution is 2.09. The Hall–Kier alpha value is -2.88. The van der Waals surface area contributed by atoms with Crippen molar-refractivity contribution >= 4 is 18.2 Å². The van der Waals surface area contributed by atoms with Crippen LogP contribution in [0.2, 0.25) is 0 Å². The van der Waals surface area contributed by atoms with Gasteiger partial charge in [0.1, 0.15) is 5.75 Å². The molecule has 2 aromatic rings. The zero-order chi connectivity index (χ0) is 14.9. The van der Waals surface area contributed by atoms with E-state index in [-0.39, 0.29) is 5.91 Å². The monoisotopic (exact) mass is 280 g/mol. The van der Waals surface area contributed by atoms with E-state index in [2.05, 4.69) is 10.5 Å². The van der Waals surface area contributed by atoms with Crippen LogP contribution >= 0.6 is 0 Å². The van der Waals surface area contributed by atoms with Crippen molar-refractivity contribution in [3.8, 4) is 5.75 Å². The van der Waals surface area contributed by atoms with Gasteiger partial charge in [-0.05, 0) is 41.5 Å². The van der Waals surface area contributed by atoms with Crippen molar-refractivity contribution in [2.45, 2.75) is 0 Å². The fraction of sp³-hybridized carbons (Fsp3) is 0.0588. The Morgan fingerprint density at radius 1 is 1.05 bits per heavy atom. The molecular weight excluding hydrogens is 264 g/mol. The van der Waals surface area contributed by atoms with E-state index in [9.17, 15) is 4.79 Å². The molecule has 0 spiro atoms. The van der Waals surface area contributed by atoms with E-state index in [0.29, 0.717) is 0 Å². The molecule has 4 nitrogen and oxygen atoms in total. The molecule has 4 heteroatoms. The summed E-state index contributed by atoms with van der Waals surface area (Å²) in [6.45, 7) is 0. The van der Waals surface area contributed by atoms with Gasteiger partial charge in [0, 0.05) is 6.08 Å². The molecule has 0 unspecified atom stereocenters. The Labute approximate surface area is 123 Å². The van der Waals surface area contributed by atoms with Crippen LogP contribution in [0.25, 0.3) is 6.08 Å². The highest BCUT2D eigenvalue weighted by atomic mass is 16.5. The van der Waals surface area contributed by atoms with Gasteiger partial charge in [-0.1, -0.05) is 30.3 Å². The number of hydrogen-bond donors (Lipinski definition) is 1. The van der Waals surface area contributed by atoms with Gasteiger partial charge in [-0.25, -0.2) is 5.43 Å². The molecule has 106 valence electrons. The molecule has 1 amide bonds. The molecule has 0 radical (unpaired) electrons. The second kappa shape index (κ2) is 7.65. The molecule has 2 aromatic carbocycles. The summed E-state index contributed by atoms with van der Waals surface area (Å²) in [6, 6.07) is 17.0. The molecule has 21 heavy (non-hydrogen) atoms. The maximum atomic E-state index is 11.6. The summed E-state index contributed by atoms with van der Waals surface area (Å²) in [5.74, 6) is 0.505. The third-order valence-electron chi connectivity index (χ3n) is 2.73. The van der Waals surface area contributed by atoms with Gasteiger partial charge >= 0.3 is 0 Å². The molecule has 0 aliphatic rings. The maximum Gasteiger partial charge on any atom is 0.264 e. The minimum Gasteiger partial charge on any atom is -0.497 e. The number of carbonyl (C=O) groups is 1. The standard InChI is InChI=1S/C17H16N2O2/c1-21-16-10-7-15(8-11-16)13-18-19-17(20)12-9-14-5-3-2-4-6-14/h2-13H,1H3,(H,19,20)/b12-9+,18-13?. The van der Waals surface area contributed by atoms with Crippen LogP contribution < -0.4 is 10.2 Å². The quantitative estimate of drug-likeness (QED) is 0.520. The van der Waals surface area contributed by atoms with Crippen molar-refractivity contribution in [3.05, 3.63) is 71.8 Å². The van der Waals surface area contributed by atoms with Crippen molar-refractivity contribution in [1.29, 1.82) is 0 Å². The first kappa shape index (κ1) is 14.5. The molecule has 0 bridgehead atoms.